The van der Waals surface area contributed by atoms with Crippen LogP contribution in [0.15, 0.2) is 40.2 Å². The summed E-state index contributed by atoms with van der Waals surface area (Å²) in [6.45, 7) is 2.08. The molecule has 3 aromatic rings. The smallest absolute Gasteiger partial charge is 0.397 e. The number of rotatable bonds is 6. The molecule has 1 amide bonds. The zero-order chi connectivity index (χ0) is 28.8. The third-order valence-electron chi connectivity index (χ3n) is 5.43. The molecule has 0 bridgehead atoms. The molecule has 206 valence electrons. The average Bonchev–Trinajstić information content (AvgIpc) is 3.33. The molecule has 0 radical (unpaired) electrons. The molecule has 0 spiro atoms. The van der Waals surface area contributed by atoms with Gasteiger partial charge in [0.1, 0.15) is 17.1 Å². The van der Waals surface area contributed by atoms with Crippen molar-refractivity contribution in [2.75, 3.05) is 23.4 Å². The minimum atomic E-state index is -4.94. The summed E-state index contributed by atoms with van der Waals surface area (Å²) in [5.74, 6) is -2.14. The molecule has 17 heteroatoms. The van der Waals surface area contributed by atoms with Gasteiger partial charge in [-0.05, 0) is 31.2 Å². The third-order valence-corrected chi connectivity index (χ3v) is 7.19. The molecule has 0 fully saturated rings. The Morgan fingerprint density at radius 3 is 2.21 bits per heavy atom. The van der Waals surface area contributed by atoms with Gasteiger partial charge in [0.25, 0.3) is 11.5 Å². The first-order valence-corrected chi connectivity index (χ1v) is 12.3. The second-order valence-corrected chi connectivity index (χ2v) is 10.1. The quantitative estimate of drug-likeness (QED) is 0.454. The predicted molar refractivity (Wildman–Crippen MR) is 123 cm³/mol. The lowest BCUT2D eigenvalue weighted by Gasteiger charge is -2.23. The molecule has 0 saturated carbocycles. The maximum absolute atomic E-state index is 13.4. The Bertz CT molecular complexity index is 1560. The van der Waals surface area contributed by atoms with E-state index in [0.717, 1.165) is 25.4 Å². The molecule has 3 rings (SSSR count). The molecule has 0 saturated heterocycles. The van der Waals surface area contributed by atoms with Crippen molar-refractivity contribution in [2.45, 2.75) is 37.6 Å². The first-order chi connectivity index (χ1) is 17.4. The Morgan fingerprint density at radius 1 is 1.08 bits per heavy atom. The normalized spacial score (nSPS) is 12.6. The molecule has 3 aromatic heterocycles. The first-order valence-electron chi connectivity index (χ1n) is 10.7. The van der Waals surface area contributed by atoms with E-state index in [2.05, 4.69) is 10.1 Å². The molecule has 0 atom stereocenters. The Balaban J connectivity index is 2.22. The number of amides is 1. The molecule has 0 aliphatic heterocycles. The van der Waals surface area contributed by atoms with E-state index in [-0.39, 0.29) is 5.82 Å². The second-order valence-electron chi connectivity index (χ2n) is 7.81. The van der Waals surface area contributed by atoms with Gasteiger partial charge in [-0.15, -0.1) is 0 Å². The highest BCUT2D eigenvalue weighted by molar-refractivity contribution is 7.91. The number of anilines is 2. The van der Waals surface area contributed by atoms with Crippen molar-refractivity contribution >= 4 is 27.1 Å². The number of nitrogens with zero attached hydrogens (tertiary/aromatic N) is 5. The number of halogens is 6. The van der Waals surface area contributed by atoms with Crippen LogP contribution in [0, 0.1) is 0 Å². The van der Waals surface area contributed by atoms with Crippen LogP contribution >= 0.6 is 0 Å². The number of carbonyl (C=O) groups is 1. The van der Waals surface area contributed by atoms with E-state index in [0.29, 0.717) is 26.3 Å². The van der Waals surface area contributed by atoms with Gasteiger partial charge in [-0.3, -0.25) is 9.59 Å². The minimum absolute atomic E-state index is 0.339. The zero-order valence-electron chi connectivity index (χ0n) is 19.9. The van der Waals surface area contributed by atoms with E-state index in [1.54, 1.807) is 0 Å². The second kappa shape index (κ2) is 9.77. The number of aromatic nitrogens is 4. The molecule has 3 heterocycles. The van der Waals surface area contributed by atoms with Gasteiger partial charge in [-0.25, -0.2) is 18.1 Å². The van der Waals surface area contributed by atoms with Crippen molar-refractivity contribution in [3.8, 4) is 5.82 Å². The lowest BCUT2D eigenvalue weighted by molar-refractivity contribution is -0.144. The molecule has 0 aliphatic rings. The van der Waals surface area contributed by atoms with Gasteiger partial charge in [0.2, 0.25) is 0 Å². The van der Waals surface area contributed by atoms with Crippen LogP contribution in [0.2, 0.25) is 0 Å². The zero-order valence-corrected chi connectivity index (χ0v) is 20.7. The Morgan fingerprint density at radius 2 is 1.71 bits per heavy atom. The minimum Gasteiger partial charge on any atom is -0.397 e. The number of nitrogen functional groups attached to an aromatic ring is 1. The van der Waals surface area contributed by atoms with Crippen molar-refractivity contribution in [1.29, 1.82) is 0 Å². The summed E-state index contributed by atoms with van der Waals surface area (Å²) < 4.78 is 105. The number of hydrogen-bond donors (Lipinski definition) is 1. The summed E-state index contributed by atoms with van der Waals surface area (Å²) >= 11 is 0. The van der Waals surface area contributed by atoms with Crippen molar-refractivity contribution in [1.82, 2.24) is 19.3 Å². The summed E-state index contributed by atoms with van der Waals surface area (Å²) in [7, 11) is -3.18. The van der Waals surface area contributed by atoms with Gasteiger partial charge in [0.15, 0.2) is 21.3 Å². The lowest BCUT2D eigenvalue weighted by atomic mass is 10.2. The van der Waals surface area contributed by atoms with E-state index in [9.17, 15) is 44.3 Å². The fourth-order valence-corrected chi connectivity index (χ4v) is 4.54. The molecular weight excluding hydrogens is 546 g/mol. The predicted octanol–water partition coefficient (Wildman–Crippen LogP) is 3.14. The third kappa shape index (κ3) is 5.23. The van der Waals surface area contributed by atoms with Gasteiger partial charge < -0.3 is 15.2 Å². The Kier molecular flexibility index (Phi) is 7.37. The number of carbonyl (C=O) groups excluding carboxylic acids is 1. The fraction of sp³-hybridized carbons (Fsp3) is 0.333. The van der Waals surface area contributed by atoms with Crippen molar-refractivity contribution < 1.29 is 39.6 Å². The van der Waals surface area contributed by atoms with Crippen LogP contribution in [0.25, 0.3) is 5.82 Å². The number of nitrogens with two attached hydrogens (primary N) is 1. The highest BCUT2D eigenvalue weighted by Gasteiger charge is 2.37. The van der Waals surface area contributed by atoms with E-state index in [1.807, 2.05) is 0 Å². The molecule has 2 N–H and O–H groups in total. The molecular formula is C21H20F6N6O4S. The number of pyridine rings is 2. The monoisotopic (exact) mass is 566 g/mol. The van der Waals surface area contributed by atoms with Crippen LogP contribution < -0.4 is 16.2 Å². The highest BCUT2D eigenvalue weighted by Crippen LogP contribution is 2.33. The van der Waals surface area contributed by atoms with Crippen LogP contribution in [-0.4, -0.2) is 46.5 Å². The first kappa shape index (κ1) is 28.7. The summed E-state index contributed by atoms with van der Waals surface area (Å²) in [6, 6.07) is 3.03. The Labute approximate surface area is 211 Å². The lowest BCUT2D eigenvalue weighted by Crippen LogP contribution is -2.38. The summed E-state index contributed by atoms with van der Waals surface area (Å²) in [4.78, 5) is 30.2. The number of sulfone groups is 1. The van der Waals surface area contributed by atoms with Crippen LogP contribution in [0.3, 0.4) is 0 Å². The van der Waals surface area contributed by atoms with E-state index < -0.39 is 79.3 Å². The molecule has 0 aliphatic carbocycles. The Hall–Kier alpha value is -3.89. The summed E-state index contributed by atoms with van der Waals surface area (Å²) in [6.07, 6.45) is -8.86. The maximum Gasteiger partial charge on any atom is 0.435 e. The number of alkyl halides is 6. The van der Waals surface area contributed by atoms with Crippen molar-refractivity contribution in [3.63, 3.8) is 0 Å². The van der Waals surface area contributed by atoms with Crippen LogP contribution in [0.5, 0.6) is 0 Å². The van der Waals surface area contributed by atoms with Gasteiger partial charge in [0, 0.05) is 19.8 Å². The fourth-order valence-electron chi connectivity index (χ4n) is 3.53. The van der Waals surface area contributed by atoms with Gasteiger partial charge in [-0.2, -0.15) is 31.4 Å². The highest BCUT2D eigenvalue weighted by atomic mass is 32.2. The van der Waals surface area contributed by atoms with Crippen molar-refractivity contribution in [2.24, 2.45) is 0 Å². The van der Waals surface area contributed by atoms with Gasteiger partial charge >= 0.3 is 12.4 Å². The average molecular weight is 566 g/mol. The molecule has 0 unspecified atom stereocenters. The van der Waals surface area contributed by atoms with E-state index in [1.165, 1.54) is 13.8 Å². The summed E-state index contributed by atoms with van der Waals surface area (Å²) in [5, 5.41) is 3.33. The van der Waals surface area contributed by atoms with Gasteiger partial charge in [0.05, 0.1) is 16.3 Å². The van der Waals surface area contributed by atoms with E-state index >= 15 is 0 Å². The van der Waals surface area contributed by atoms with Crippen LogP contribution in [0.1, 0.15) is 35.7 Å². The number of hydrogen-bond acceptors (Lipinski definition) is 7. The summed E-state index contributed by atoms with van der Waals surface area (Å²) in [5.41, 5.74) is -0.436. The maximum atomic E-state index is 13.4. The molecule has 10 nitrogen and oxygen atoms in total. The standard InChI is InChI=1S/C21H20F6N6O4S/c1-4-32-14(21(25,26)27)10-11(28)17(19(32)35)31(3)18(34)16-12(38(36,37)5-2)6-7-15(29-16)33-9-8-13(30-33)20(22,23)24/h6-10H,4-5,28H2,1-3H3. The van der Waals surface area contributed by atoms with Crippen LogP contribution in [0.4, 0.5) is 37.7 Å². The van der Waals surface area contributed by atoms with Crippen molar-refractivity contribution in [3.05, 3.63) is 57.9 Å². The largest absolute Gasteiger partial charge is 0.435 e. The molecule has 0 aromatic carbocycles. The molecule has 38 heavy (non-hydrogen) atoms. The van der Waals surface area contributed by atoms with E-state index in [4.69, 9.17) is 5.73 Å². The van der Waals surface area contributed by atoms with Crippen LogP contribution in [-0.2, 0) is 28.7 Å². The van der Waals surface area contributed by atoms with Gasteiger partial charge in [-0.1, -0.05) is 6.92 Å². The topological polar surface area (TPSA) is 133 Å². The SMILES string of the molecule is CCn1c(C(F)(F)F)cc(N)c(N(C)C(=O)c2nc(-n3ccc(C(F)(F)F)n3)ccc2S(=O)(=O)CC)c1=O.